The molecule has 11 heteroatoms. The summed E-state index contributed by atoms with van der Waals surface area (Å²) in [6.07, 6.45) is -0.184. The van der Waals surface area contributed by atoms with E-state index in [9.17, 15) is 29.3 Å². The van der Waals surface area contributed by atoms with Crippen LogP contribution in [0, 0.1) is 16.0 Å². The van der Waals surface area contributed by atoms with Crippen LogP contribution in [0.4, 0.5) is 5.69 Å². The summed E-state index contributed by atoms with van der Waals surface area (Å²) in [6.45, 7) is -0.599. The van der Waals surface area contributed by atoms with Crippen molar-refractivity contribution in [2.75, 3.05) is 20.3 Å². The summed E-state index contributed by atoms with van der Waals surface area (Å²) in [5.41, 5.74) is 2.65. The van der Waals surface area contributed by atoms with Gasteiger partial charge in [0, 0.05) is 29.7 Å². The number of nitrogens with one attached hydrogen (secondary N) is 1. The quantitative estimate of drug-likeness (QED) is 0.281. The summed E-state index contributed by atoms with van der Waals surface area (Å²) in [5.74, 6) is -2.55. The van der Waals surface area contributed by atoms with Crippen molar-refractivity contribution in [2.45, 2.75) is 6.42 Å². The fourth-order valence-electron chi connectivity index (χ4n) is 3.01. The van der Waals surface area contributed by atoms with E-state index in [4.69, 9.17) is 9.47 Å². The number of methoxy groups -OCH3 is 1. The van der Waals surface area contributed by atoms with E-state index >= 15 is 0 Å². The number of nitro groups is 1. The van der Waals surface area contributed by atoms with Crippen LogP contribution in [0.15, 0.2) is 48.5 Å². The second-order valence-electron chi connectivity index (χ2n) is 6.91. The van der Waals surface area contributed by atoms with Gasteiger partial charge in [-0.3, -0.25) is 39.7 Å². The number of non-ortho nitro benzene ring substituents is 1. The normalized spacial score (nSPS) is 15.2. The molecule has 0 bridgehead atoms. The molecule has 32 heavy (non-hydrogen) atoms. The Labute approximate surface area is 182 Å². The number of nitro benzene ring substituents is 1. The van der Waals surface area contributed by atoms with Gasteiger partial charge in [0.2, 0.25) is 5.91 Å². The van der Waals surface area contributed by atoms with Crippen LogP contribution in [-0.4, -0.2) is 53.8 Å². The SMILES string of the molecule is COc1ccc(C(=O)COC(=O)[C@@H]2CC(=O)N(NC(=O)c3ccc([N+](=O)[O-])cc3)C2)cc1. The standard InChI is InChI=1S/C21H19N3O8/c1-31-17-8-4-13(5-9-17)18(25)12-32-21(28)15-10-19(26)23(11-15)22-20(27)14-2-6-16(7-3-14)24(29)30/h2-9,15H,10-12H2,1H3,(H,22,27)/t15-/m1/s1. The topological polar surface area (TPSA) is 145 Å². The number of rotatable bonds is 8. The number of nitrogens with zero attached hydrogens (tertiary/aromatic N) is 2. The molecular weight excluding hydrogens is 422 g/mol. The molecule has 0 spiro atoms. The zero-order valence-electron chi connectivity index (χ0n) is 17.0. The van der Waals surface area contributed by atoms with Gasteiger partial charge in [-0.05, 0) is 36.4 Å². The lowest BCUT2D eigenvalue weighted by atomic mass is 10.1. The summed E-state index contributed by atoms with van der Waals surface area (Å²) in [5, 5.41) is 11.7. The van der Waals surface area contributed by atoms with Crippen LogP contribution in [0.5, 0.6) is 5.75 Å². The molecule has 0 aromatic heterocycles. The highest BCUT2D eigenvalue weighted by atomic mass is 16.6. The first-order valence-electron chi connectivity index (χ1n) is 9.48. The molecule has 1 N–H and O–H groups in total. The maximum Gasteiger partial charge on any atom is 0.311 e. The van der Waals surface area contributed by atoms with Crippen LogP contribution in [0.3, 0.4) is 0 Å². The van der Waals surface area contributed by atoms with Crippen molar-refractivity contribution in [3.8, 4) is 5.75 Å². The molecule has 3 rings (SSSR count). The Bertz CT molecular complexity index is 1050. The molecule has 11 nitrogen and oxygen atoms in total. The minimum absolute atomic E-state index is 0.111. The number of carbonyl (C=O) groups excluding carboxylic acids is 4. The highest BCUT2D eigenvalue weighted by Gasteiger charge is 2.36. The lowest BCUT2D eigenvalue weighted by Crippen LogP contribution is -2.43. The Kier molecular flexibility index (Phi) is 6.78. The largest absolute Gasteiger partial charge is 0.497 e. The third-order valence-electron chi connectivity index (χ3n) is 4.79. The Morgan fingerprint density at radius 2 is 1.72 bits per heavy atom. The zero-order valence-corrected chi connectivity index (χ0v) is 17.0. The van der Waals surface area contributed by atoms with Crippen LogP contribution in [-0.2, 0) is 14.3 Å². The van der Waals surface area contributed by atoms with Gasteiger partial charge in [-0.15, -0.1) is 0 Å². The minimum Gasteiger partial charge on any atom is -0.497 e. The molecular formula is C21H19N3O8. The van der Waals surface area contributed by atoms with E-state index < -0.39 is 41.0 Å². The molecule has 2 aromatic carbocycles. The number of ether oxygens (including phenoxy) is 2. The molecule has 1 atom stereocenters. The molecule has 2 aromatic rings. The maximum absolute atomic E-state index is 12.3. The number of Topliss-reactive ketones (excluding diaryl/α,β-unsaturated/α-hetero) is 1. The molecule has 1 aliphatic rings. The number of benzene rings is 2. The number of ketones is 1. The second kappa shape index (κ2) is 9.69. The van der Waals surface area contributed by atoms with Crippen molar-refractivity contribution >= 4 is 29.3 Å². The Balaban J connectivity index is 1.51. The second-order valence-corrected chi connectivity index (χ2v) is 6.91. The average Bonchev–Trinajstić information content (AvgIpc) is 3.17. The number of hydrazine groups is 1. The van der Waals surface area contributed by atoms with Crippen LogP contribution in [0.1, 0.15) is 27.1 Å². The molecule has 1 heterocycles. The summed E-state index contributed by atoms with van der Waals surface area (Å²) in [6, 6.07) is 11.1. The van der Waals surface area contributed by atoms with E-state index in [1.165, 1.54) is 31.4 Å². The molecule has 1 saturated heterocycles. The van der Waals surface area contributed by atoms with Crippen LogP contribution in [0.2, 0.25) is 0 Å². The molecule has 0 saturated carbocycles. The number of hydrogen-bond donors (Lipinski definition) is 1. The van der Waals surface area contributed by atoms with Gasteiger partial charge in [0.15, 0.2) is 12.4 Å². The average molecular weight is 441 g/mol. The van der Waals surface area contributed by atoms with Crippen molar-refractivity contribution in [2.24, 2.45) is 5.92 Å². The molecule has 0 aliphatic carbocycles. The number of hydrogen-bond acceptors (Lipinski definition) is 8. The smallest absolute Gasteiger partial charge is 0.311 e. The molecule has 0 unspecified atom stereocenters. The van der Waals surface area contributed by atoms with Crippen LogP contribution >= 0.6 is 0 Å². The monoisotopic (exact) mass is 441 g/mol. The molecule has 0 radical (unpaired) electrons. The number of carbonyl (C=O) groups is 4. The van der Waals surface area contributed by atoms with Gasteiger partial charge in [0.05, 0.1) is 24.5 Å². The van der Waals surface area contributed by atoms with Crippen LogP contribution < -0.4 is 10.2 Å². The number of esters is 1. The van der Waals surface area contributed by atoms with E-state index in [0.717, 1.165) is 5.01 Å². The summed E-state index contributed by atoms with van der Waals surface area (Å²) in [7, 11) is 1.50. The van der Waals surface area contributed by atoms with Crippen molar-refractivity contribution in [3.05, 3.63) is 69.8 Å². The van der Waals surface area contributed by atoms with E-state index in [-0.39, 0.29) is 24.2 Å². The van der Waals surface area contributed by atoms with E-state index in [0.29, 0.717) is 11.3 Å². The van der Waals surface area contributed by atoms with Gasteiger partial charge in [-0.2, -0.15) is 0 Å². The van der Waals surface area contributed by atoms with Gasteiger partial charge in [-0.25, -0.2) is 0 Å². The van der Waals surface area contributed by atoms with Crippen molar-refractivity contribution in [3.63, 3.8) is 0 Å². The van der Waals surface area contributed by atoms with E-state index in [1.807, 2.05) is 0 Å². The minimum atomic E-state index is -0.844. The Hall–Kier alpha value is -4.28. The highest BCUT2D eigenvalue weighted by Crippen LogP contribution is 2.19. The molecule has 2 amide bonds. The molecule has 166 valence electrons. The van der Waals surface area contributed by atoms with Crippen molar-refractivity contribution < 1.29 is 33.6 Å². The van der Waals surface area contributed by atoms with Crippen molar-refractivity contribution in [1.29, 1.82) is 0 Å². The molecule has 1 aliphatic heterocycles. The number of amides is 2. The first-order chi connectivity index (χ1) is 15.3. The summed E-state index contributed by atoms with van der Waals surface area (Å²) in [4.78, 5) is 59.0. The first-order valence-corrected chi connectivity index (χ1v) is 9.48. The highest BCUT2D eigenvalue weighted by molar-refractivity contribution is 5.99. The fourth-order valence-corrected chi connectivity index (χ4v) is 3.01. The predicted octanol–water partition coefficient (Wildman–Crippen LogP) is 1.52. The lowest BCUT2D eigenvalue weighted by Gasteiger charge is -2.17. The van der Waals surface area contributed by atoms with Gasteiger partial charge in [0.1, 0.15) is 5.75 Å². The van der Waals surface area contributed by atoms with E-state index in [1.54, 1.807) is 24.3 Å². The third-order valence-corrected chi connectivity index (χ3v) is 4.79. The predicted molar refractivity (Wildman–Crippen MR) is 109 cm³/mol. The van der Waals surface area contributed by atoms with Gasteiger partial charge < -0.3 is 9.47 Å². The van der Waals surface area contributed by atoms with Gasteiger partial charge in [0.25, 0.3) is 11.6 Å². The van der Waals surface area contributed by atoms with E-state index in [2.05, 4.69) is 5.43 Å². The summed E-state index contributed by atoms with van der Waals surface area (Å²) < 4.78 is 10.1. The first kappa shape index (κ1) is 22.4. The maximum atomic E-state index is 12.3. The fraction of sp³-hybridized carbons (Fsp3) is 0.238. The zero-order chi connectivity index (χ0) is 23.3. The summed E-state index contributed by atoms with van der Waals surface area (Å²) >= 11 is 0. The Morgan fingerprint density at radius 1 is 1.09 bits per heavy atom. The molecule has 1 fully saturated rings. The van der Waals surface area contributed by atoms with Gasteiger partial charge in [-0.1, -0.05) is 0 Å². The van der Waals surface area contributed by atoms with Gasteiger partial charge >= 0.3 is 5.97 Å². The third kappa shape index (κ3) is 5.25. The Morgan fingerprint density at radius 3 is 2.31 bits per heavy atom. The van der Waals surface area contributed by atoms with Crippen molar-refractivity contribution in [1.82, 2.24) is 10.4 Å². The van der Waals surface area contributed by atoms with Crippen LogP contribution in [0.25, 0.3) is 0 Å². The lowest BCUT2D eigenvalue weighted by molar-refractivity contribution is -0.384.